The molecule has 0 aliphatic carbocycles. The molecule has 3 rings (SSSR count). The Morgan fingerprint density at radius 1 is 1.44 bits per heavy atom. The zero-order chi connectivity index (χ0) is 11.8. The maximum atomic E-state index is 12.2. The van der Waals surface area contributed by atoms with Gasteiger partial charge in [0.25, 0.3) is 0 Å². The normalized spacial score (nSPS) is 29.8. The predicted molar refractivity (Wildman–Crippen MR) is 69.2 cm³/mol. The molecule has 0 unspecified atom stereocenters. The maximum absolute atomic E-state index is 12.2. The highest BCUT2D eigenvalue weighted by Crippen LogP contribution is 2.25. The van der Waals surface area contributed by atoms with Gasteiger partial charge in [0.05, 0.1) is 0 Å². The molecule has 0 aromatic rings. The zero-order valence-corrected chi connectivity index (χ0v) is 9.56. The summed E-state index contributed by atoms with van der Waals surface area (Å²) in [6.45, 7) is 0.725. The van der Waals surface area contributed by atoms with Crippen molar-refractivity contribution in [2.24, 2.45) is 4.99 Å². The van der Waals surface area contributed by atoms with Crippen LogP contribution in [0.3, 0.4) is 0 Å². The number of carbonyl (C=O) groups excluding carboxylic acids is 2. The van der Waals surface area contributed by atoms with Crippen molar-refractivity contribution in [2.45, 2.75) is 45.2 Å². The highest BCUT2D eigenvalue weighted by molar-refractivity contribution is 5.97. The summed E-state index contributed by atoms with van der Waals surface area (Å²) in [7, 11) is 0. The number of fused-ring (bicyclic) bond motifs is 1. The Hall–Kier alpha value is -1.65. The minimum absolute atomic E-state index is 0. The maximum Gasteiger partial charge on any atom is 0.246 e. The van der Waals surface area contributed by atoms with E-state index >= 15 is 0 Å². The molecule has 0 radical (unpaired) electrons. The topological polar surface area (TPSA) is 61.8 Å². The summed E-state index contributed by atoms with van der Waals surface area (Å²) in [4.78, 5) is 29.8. The van der Waals surface area contributed by atoms with Gasteiger partial charge in [-0.1, -0.05) is 7.43 Å². The van der Waals surface area contributed by atoms with Crippen molar-refractivity contribution in [3.8, 4) is 0 Å². The second kappa shape index (κ2) is 4.92. The lowest BCUT2D eigenvalue weighted by molar-refractivity contribution is -0.146. The average Bonchev–Trinajstić information content (AvgIpc) is 2.96. The van der Waals surface area contributed by atoms with Gasteiger partial charge >= 0.3 is 0 Å². The van der Waals surface area contributed by atoms with Crippen LogP contribution in [0.2, 0.25) is 0 Å². The molecule has 0 bridgehead atoms. The summed E-state index contributed by atoms with van der Waals surface area (Å²) in [6, 6.07) is -0.600. The number of aliphatic imine (C=N–C) groups is 1. The first-order valence-corrected chi connectivity index (χ1v) is 6.06. The number of hydrogen-bond acceptors (Lipinski definition) is 3. The van der Waals surface area contributed by atoms with Crippen LogP contribution in [0, 0.1) is 0 Å². The van der Waals surface area contributed by atoms with E-state index in [0.29, 0.717) is 6.42 Å². The molecule has 0 saturated carbocycles. The Balaban J connectivity index is 0.00000120. The third kappa shape index (κ3) is 2.05. The molecule has 2 fully saturated rings. The predicted octanol–water partition coefficient (Wildman–Crippen LogP) is 0.860. The molecule has 3 aliphatic rings. The fraction of sp³-hybridized carbons (Fsp3) is 0.615. The van der Waals surface area contributed by atoms with E-state index in [1.54, 1.807) is 11.1 Å². The van der Waals surface area contributed by atoms with E-state index in [9.17, 15) is 9.59 Å². The van der Waals surface area contributed by atoms with Crippen LogP contribution < -0.4 is 5.32 Å². The molecule has 0 aromatic heterocycles. The monoisotopic (exact) mass is 249 g/mol. The second-order valence-electron chi connectivity index (χ2n) is 4.78. The number of rotatable bonds is 2. The number of amides is 2. The van der Waals surface area contributed by atoms with Gasteiger partial charge in [0.2, 0.25) is 11.8 Å². The molecule has 5 heteroatoms. The van der Waals surface area contributed by atoms with Crippen molar-refractivity contribution in [3.63, 3.8) is 0 Å². The van der Waals surface area contributed by atoms with Gasteiger partial charge in [-0.3, -0.25) is 14.6 Å². The largest absolute Gasteiger partial charge is 0.342 e. The summed E-state index contributed by atoms with van der Waals surface area (Å²) >= 11 is 0. The second-order valence-corrected chi connectivity index (χ2v) is 4.78. The number of nitrogens with zero attached hydrogens (tertiary/aromatic N) is 2. The lowest BCUT2D eigenvalue weighted by atomic mass is 10.0. The van der Waals surface area contributed by atoms with Gasteiger partial charge in [-0.25, -0.2) is 0 Å². The number of carbonyl (C=O) groups is 2. The minimum Gasteiger partial charge on any atom is -0.342 e. The van der Waals surface area contributed by atoms with Crippen LogP contribution in [0.25, 0.3) is 0 Å². The minimum atomic E-state index is -0.384. The van der Waals surface area contributed by atoms with Crippen LogP contribution >= 0.6 is 0 Å². The van der Waals surface area contributed by atoms with E-state index in [1.807, 2.05) is 6.21 Å². The molecule has 0 spiro atoms. The van der Waals surface area contributed by atoms with E-state index < -0.39 is 0 Å². The lowest BCUT2D eigenvalue weighted by Gasteiger charge is -2.34. The average molecular weight is 249 g/mol. The molecule has 2 amide bonds. The van der Waals surface area contributed by atoms with Gasteiger partial charge < -0.3 is 10.2 Å². The van der Waals surface area contributed by atoms with Gasteiger partial charge in [0.15, 0.2) is 0 Å². The standard InChI is InChI=1S/C12H15N3O2.CH4/c16-11-10-2-1-5-15(10)12(17)9(14-11)6-8-3-4-13-7-8;/h4,7,9-10H,1-3,5-6H2,(H,14,16);1H4/t9-,10-;/m0./s1. The van der Waals surface area contributed by atoms with Crippen molar-refractivity contribution in [2.75, 3.05) is 6.54 Å². The first-order chi connectivity index (χ1) is 8.25. The molecule has 0 aromatic carbocycles. The molecular formula is C13H19N3O2. The van der Waals surface area contributed by atoms with E-state index in [4.69, 9.17) is 0 Å². The van der Waals surface area contributed by atoms with Gasteiger partial charge in [0, 0.05) is 25.4 Å². The fourth-order valence-corrected chi connectivity index (χ4v) is 2.75. The summed E-state index contributed by atoms with van der Waals surface area (Å²) < 4.78 is 0. The Kier molecular flexibility index (Phi) is 3.50. The summed E-state index contributed by atoms with van der Waals surface area (Å²) in [6.07, 6.45) is 6.73. The van der Waals surface area contributed by atoms with E-state index in [1.165, 1.54) is 0 Å². The van der Waals surface area contributed by atoms with Crippen molar-refractivity contribution in [3.05, 3.63) is 11.8 Å². The van der Waals surface area contributed by atoms with Crippen LogP contribution in [0.1, 0.15) is 33.1 Å². The van der Waals surface area contributed by atoms with Gasteiger partial charge in [-0.05, 0) is 24.8 Å². The van der Waals surface area contributed by atoms with Crippen LogP contribution in [0.15, 0.2) is 16.8 Å². The van der Waals surface area contributed by atoms with Crippen molar-refractivity contribution < 1.29 is 9.59 Å². The Labute approximate surface area is 107 Å². The summed E-state index contributed by atoms with van der Waals surface area (Å²) in [5, 5.41) is 2.84. The number of hydrogen-bond donors (Lipinski definition) is 1. The molecule has 5 nitrogen and oxygen atoms in total. The van der Waals surface area contributed by atoms with Gasteiger partial charge in [-0.2, -0.15) is 0 Å². The van der Waals surface area contributed by atoms with E-state index in [-0.39, 0.29) is 31.3 Å². The SMILES string of the molecule is C.O=C1N[C@@H](CC2=CN=CC2)C(=O)N2CCC[C@@H]12. The van der Waals surface area contributed by atoms with Crippen LogP contribution in [0.4, 0.5) is 0 Å². The fourth-order valence-electron chi connectivity index (χ4n) is 2.75. The van der Waals surface area contributed by atoms with E-state index in [0.717, 1.165) is 31.4 Å². The molecule has 18 heavy (non-hydrogen) atoms. The Morgan fingerprint density at radius 2 is 2.28 bits per heavy atom. The molecule has 2 saturated heterocycles. The summed E-state index contributed by atoms with van der Waals surface area (Å²) in [5.41, 5.74) is 1.11. The lowest BCUT2D eigenvalue weighted by Crippen LogP contribution is -2.61. The zero-order valence-electron chi connectivity index (χ0n) is 9.56. The smallest absolute Gasteiger partial charge is 0.246 e. The number of piperazine rings is 1. The summed E-state index contributed by atoms with van der Waals surface area (Å²) in [5.74, 6) is 0.0755. The van der Waals surface area contributed by atoms with Gasteiger partial charge in [0.1, 0.15) is 12.1 Å². The van der Waals surface area contributed by atoms with Crippen molar-refractivity contribution in [1.29, 1.82) is 0 Å². The molecule has 3 aliphatic heterocycles. The Morgan fingerprint density at radius 3 is 3.00 bits per heavy atom. The Bertz CT molecular complexity index is 428. The van der Waals surface area contributed by atoms with Crippen LogP contribution in [-0.2, 0) is 9.59 Å². The molecular weight excluding hydrogens is 230 g/mol. The first-order valence-electron chi connectivity index (χ1n) is 6.06. The first kappa shape index (κ1) is 12.8. The highest BCUT2D eigenvalue weighted by atomic mass is 16.2. The van der Waals surface area contributed by atoms with Crippen LogP contribution in [-0.4, -0.2) is 41.6 Å². The highest BCUT2D eigenvalue weighted by Gasteiger charge is 2.42. The quantitative estimate of drug-likeness (QED) is 0.789. The van der Waals surface area contributed by atoms with E-state index in [2.05, 4.69) is 10.3 Å². The van der Waals surface area contributed by atoms with Gasteiger partial charge in [-0.15, -0.1) is 0 Å². The third-order valence-corrected chi connectivity index (χ3v) is 3.64. The number of nitrogens with one attached hydrogen (secondary N) is 1. The van der Waals surface area contributed by atoms with Crippen molar-refractivity contribution >= 4 is 18.0 Å². The molecule has 98 valence electrons. The molecule has 1 N–H and O–H groups in total. The molecule has 3 heterocycles. The third-order valence-electron chi connectivity index (χ3n) is 3.64. The van der Waals surface area contributed by atoms with Crippen LogP contribution in [0.5, 0.6) is 0 Å². The van der Waals surface area contributed by atoms with Crippen molar-refractivity contribution in [1.82, 2.24) is 10.2 Å². The molecule has 2 atom stereocenters.